The van der Waals surface area contributed by atoms with Gasteiger partial charge in [0, 0.05) is 5.56 Å². The van der Waals surface area contributed by atoms with E-state index in [-0.39, 0.29) is 6.42 Å². The molecule has 0 bridgehead atoms. The van der Waals surface area contributed by atoms with Gasteiger partial charge in [0.25, 0.3) is 0 Å². The number of carbonyl (C=O) groups excluding carboxylic acids is 1. The van der Waals surface area contributed by atoms with Crippen LogP contribution in [0.3, 0.4) is 0 Å². The second kappa shape index (κ2) is 5.87. The summed E-state index contributed by atoms with van der Waals surface area (Å²) in [5.41, 5.74) is -1.30. The standard InChI is InChI=1S/C17H17FO2/c1-3-17(18,14-9-5-4-6-10-14)16(19)13-8-7-11-15(12-13)20-2/h4-12H,3H2,1-2H3/t17-/m0/s1. The molecular weight excluding hydrogens is 255 g/mol. The fraction of sp³-hybridized carbons (Fsp3) is 0.235. The highest BCUT2D eigenvalue weighted by molar-refractivity contribution is 6.03. The molecule has 3 heteroatoms. The summed E-state index contributed by atoms with van der Waals surface area (Å²) < 4.78 is 20.3. The largest absolute Gasteiger partial charge is 0.497 e. The van der Waals surface area contributed by atoms with Gasteiger partial charge in [0.15, 0.2) is 5.67 Å². The molecule has 0 aliphatic carbocycles. The van der Waals surface area contributed by atoms with Gasteiger partial charge in [-0.05, 0) is 24.1 Å². The molecular formula is C17H17FO2. The highest BCUT2D eigenvalue weighted by Crippen LogP contribution is 2.34. The van der Waals surface area contributed by atoms with Gasteiger partial charge in [0.1, 0.15) is 5.75 Å². The zero-order chi connectivity index (χ0) is 14.6. The number of alkyl halides is 1. The van der Waals surface area contributed by atoms with Crippen molar-refractivity contribution < 1.29 is 13.9 Å². The van der Waals surface area contributed by atoms with E-state index in [2.05, 4.69) is 0 Å². The Labute approximate surface area is 118 Å². The first-order valence-electron chi connectivity index (χ1n) is 6.55. The smallest absolute Gasteiger partial charge is 0.204 e. The second-order valence-corrected chi connectivity index (χ2v) is 4.58. The number of hydrogen-bond donors (Lipinski definition) is 0. The minimum Gasteiger partial charge on any atom is -0.497 e. The van der Waals surface area contributed by atoms with E-state index in [1.165, 1.54) is 7.11 Å². The highest BCUT2D eigenvalue weighted by Gasteiger charge is 2.39. The molecule has 0 unspecified atom stereocenters. The van der Waals surface area contributed by atoms with Crippen LogP contribution in [0.4, 0.5) is 4.39 Å². The van der Waals surface area contributed by atoms with Crippen LogP contribution >= 0.6 is 0 Å². The van der Waals surface area contributed by atoms with Crippen molar-refractivity contribution in [3.63, 3.8) is 0 Å². The predicted octanol–water partition coefficient (Wildman–Crippen LogP) is 4.15. The van der Waals surface area contributed by atoms with Crippen molar-refractivity contribution >= 4 is 5.78 Å². The average Bonchev–Trinajstić information content (AvgIpc) is 2.54. The van der Waals surface area contributed by atoms with E-state index in [1.807, 2.05) is 0 Å². The second-order valence-electron chi connectivity index (χ2n) is 4.58. The predicted molar refractivity (Wildman–Crippen MR) is 76.8 cm³/mol. The topological polar surface area (TPSA) is 26.3 Å². The Hall–Kier alpha value is -2.16. The molecule has 1 atom stereocenters. The molecule has 0 aromatic heterocycles. The summed E-state index contributed by atoms with van der Waals surface area (Å²) >= 11 is 0. The van der Waals surface area contributed by atoms with Crippen molar-refractivity contribution in [3.05, 3.63) is 65.7 Å². The van der Waals surface area contributed by atoms with E-state index in [9.17, 15) is 4.79 Å². The van der Waals surface area contributed by atoms with Gasteiger partial charge < -0.3 is 4.74 Å². The molecule has 0 amide bonds. The molecule has 2 nitrogen and oxygen atoms in total. The number of hydrogen-bond acceptors (Lipinski definition) is 2. The maximum absolute atomic E-state index is 15.2. The Bertz CT molecular complexity index is 595. The highest BCUT2D eigenvalue weighted by atomic mass is 19.1. The lowest BCUT2D eigenvalue weighted by molar-refractivity contribution is 0.0666. The van der Waals surface area contributed by atoms with Crippen LogP contribution in [0.1, 0.15) is 29.3 Å². The molecule has 0 fully saturated rings. The molecule has 0 aliphatic rings. The van der Waals surface area contributed by atoms with E-state index < -0.39 is 11.5 Å². The number of rotatable bonds is 5. The fourth-order valence-electron chi connectivity index (χ4n) is 2.19. The van der Waals surface area contributed by atoms with Crippen molar-refractivity contribution in [1.82, 2.24) is 0 Å². The van der Waals surface area contributed by atoms with Crippen molar-refractivity contribution in [2.75, 3.05) is 7.11 Å². The maximum Gasteiger partial charge on any atom is 0.204 e. The molecule has 0 heterocycles. The SMILES string of the molecule is CC[C@@](F)(C(=O)c1cccc(OC)c1)c1ccccc1. The molecule has 0 saturated carbocycles. The van der Waals surface area contributed by atoms with Crippen molar-refractivity contribution in [2.24, 2.45) is 0 Å². The molecule has 0 radical (unpaired) electrons. The third-order valence-electron chi connectivity index (χ3n) is 3.41. The Morgan fingerprint density at radius 1 is 1.15 bits per heavy atom. The molecule has 0 spiro atoms. The van der Waals surface area contributed by atoms with Crippen LogP contribution in [-0.2, 0) is 5.67 Å². The molecule has 0 saturated heterocycles. The monoisotopic (exact) mass is 272 g/mol. The number of benzene rings is 2. The molecule has 0 aliphatic heterocycles. The van der Waals surface area contributed by atoms with Crippen LogP contribution in [0.25, 0.3) is 0 Å². The summed E-state index contributed by atoms with van der Waals surface area (Å²) in [6.45, 7) is 1.67. The summed E-state index contributed by atoms with van der Waals surface area (Å²) in [4.78, 5) is 12.5. The van der Waals surface area contributed by atoms with Gasteiger partial charge in [-0.25, -0.2) is 4.39 Å². The summed E-state index contributed by atoms with van der Waals surface area (Å²) in [5, 5.41) is 0. The van der Waals surface area contributed by atoms with Crippen LogP contribution in [0, 0.1) is 0 Å². The fourth-order valence-corrected chi connectivity index (χ4v) is 2.19. The van der Waals surface area contributed by atoms with E-state index in [0.717, 1.165) is 0 Å². The molecule has 2 aromatic rings. The van der Waals surface area contributed by atoms with E-state index in [0.29, 0.717) is 16.9 Å². The van der Waals surface area contributed by atoms with Gasteiger partial charge >= 0.3 is 0 Å². The Balaban J connectivity index is 2.43. The molecule has 20 heavy (non-hydrogen) atoms. The molecule has 0 N–H and O–H groups in total. The van der Waals surface area contributed by atoms with E-state index in [1.54, 1.807) is 61.5 Å². The number of Topliss-reactive ketones (excluding diaryl/α,β-unsaturated/α-hetero) is 1. The first kappa shape index (κ1) is 14.3. The van der Waals surface area contributed by atoms with Gasteiger partial charge in [-0.2, -0.15) is 0 Å². The van der Waals surface area contributed by atoms with Gasteiger partial charge in [0.2, 0.25) is 5.78 Å². The summed E-state index contributed by atoms with van der Waals surface area (Å²) in [7, 11) is 1.52. The van der Waals surface area contributed by atoms with Crippen LogP contribution in [-0.4, -0.2) is 12.9 Å². The number of methoxy groups -OCH3 is 1. The third kappa shape index (κ3) is 2.57. The lowest BCUT2D eigenvalue weighted by Crippen LogP contribution is -2.30. The zero-order valence-electron chi connectivity index (χ0n) is 11.6. The normalized spacial score (nSPS) is 13.6. The average molecular weight is 272 g/mol. The summed E-state index contributed by atoms with van der Waals surface area (Å²) in [6.07, 6.45) is 0.0903. The minimum absolute atomic E-state index is 0.0903. The number of ketones is 1. The lowest BCUT2D eigenvalue weighted by atomic mass is 9.85. The first-order valence-corrected chi connectivity index (χ1v) is 6.55. The van der Waals surface area contributed by atoms with Crippen LogP contribution < -0.4 is 4.74 Å². The van der Waals surface area contributed by atoms with Crippen molar-refractivity contribution in [3.8, 4) is 5.75 Å². The number of halogens is 1. The lowest BCUT2D eigenvalue weighted by Gasteiger charge is -2.23. The van der Waals surface area contributed by atoms with Crippen LogP contribution in [0.2, 0.25) is 0 Å². The van der Waals surface area contributed by atoms with Crippen molar-refractivity contribution in [1.29, 1.82) is 0 Å². The Kier molecular flexibility index (Phi) is 4.18. The third-order valence-corrected chi connectivity index (χ3v) is 3.41. The quantitative estimate of drug-likeness (QED) is 0.764. The van der Waals surface area contributed by atoms with Gasteiger partial charge in [-0.15, -0.1) is 0 Å². The Morgan fingerprint density at radius 3 is 2.45 bits per heavy atom. The molecule has 2 rings (SSSR count). The van der Waals surface area contributed by atoms with Gasteiger partial charge in [-0.3, -0.25) is 4.79 Å². The van der Waals surface area contributed by atoms with E-state index in [4.69, 9.17) is 4.74 Å². The number of carbonyl (C=O) groups is 1. The van der Waals surface area contributed by atoms with Crippen molar-refractivity contribution in [2.45, 2.75) is 19.0 Å². The van der Waals surface area contributed by atoms with E-state index >= 15 is 4.39 Å². The summed E-state index contributed by atoms with van der Waals surface area (Å²) in [6, 6.07) is 15.1. The van der Waals surface area contributed by atoms with Crippen LogP contribution in [0.15, 0.2) is 54.6 Å². The Morgan fingerprint density at radius 2 is 1.85 bits per heavy atom. The molecule has 104 valence electrons. The first-order chi connectivity index (χ1) is 9.61. The van der Waals surface area contributed by atoms with Gasteiger partial charge in [0.05, 0.1) is 7.11 Å². The summed E-state index contributed by atoms with van der Waals surface area (Å²) in [5.74, 6) is 0.00691. The maximum atomic E-state index is 15.2. The van der Waals surface area contributed by atoms with Crippen LogP contribution in [0.5, 0.6) is 5.75 Å². The van der Waals surface area contributed by atoms with Gasteiger partial charge in [-0.1, -0.05) is 49.4 Å². The zero-order valence-corrected chi connectivity index (χ0v) is 11.6. The molecule has 2 aromatic carbocycles. The number of ether oxygens (including phenoxy) is 1. The minimum atomic E-state index is -2.01.